The number of hydrogen-bond acceptors (Lipinski definition) is 5. The van der Waals surface area contributed by atoms with Gasteiger partial charge in [0.25, 0.3) is 5.69 Å². The second-order valence-electron chi connectivity index (χ2n) is 7.58. The highest BCUT2D eigenvalue weighted by atomic mass is 35.5. The van der Waals surface area contributed by atoms with Crippen LogP contribution < -0.4 is 4.74 Å². The van der Waals surface area contributed by atoms with Gasteiger partial charge in [0.2, 0.25) is 0 Å². The predicted octanol–water partition coefficient (Wildman–Crippen LogP) is 5.63. The predicted molar refractivity (Wildman–Crippen MR) is 111 cm³/mol. The van der Waals surface area contributed by atoms with Crippen LogP contribution in [0.3, 0.4) is 0 Å². The molecule has 0 saturated heterocycles. The van der Waals surface area contributed by atoms with Crippen LogP contribution in [0.1, 0.15) is 38.9 Å². The van der Waals surface area contributed by atoms with Crippen molar-refractivity contribution < 1.29 is 19.2 Å². The summed E-state index contributed by atoms with van der Waals surface area (Å²) in [4.78, 5) is 24.2. The van der Waals surface area contributed by atoms with Gasteiger partial charge < -0.3 is 14.4 Å². The van der Waals surface area contributed by atoms with Crippen LogP contribution in [0.15, 0.2) is 48.5 Å². The molecular formula is C21H25ClN2O5. The number of non-ortho nitro benzene ring substituents is 1. The van der Waals surface area contributed by atoms with Crippen molar-refractivity contribution in [1.82, 2.24) is 4.90 Å². The van der Waals surface area contributed by atoms with Gasteiger partial charge in [0.05, 0.1) is 16.0 Å². The summed E-state index contributed by atoms with van der Waals surface area (Å²) in [7, 11) is 1.65. The zero-order valence-electron chi connectivity index (χ0n) is 16.9. The summed E-state index contributed by atoms with van der Waals surface area (Å²) in [6, 6.07) is 13.5. The van der Waals surface area contributed by atoms with Gasteiger partial charge in [0.1, 0.15) is 17.5 Å². The van der Waals surface area contributed by atoms with E-state index in [0.29, 0.717) is 13.0 Å². The highest BCUT2D eigenvalue weighted by Gasteiger charge is 2.22. The van der Waals surface area contributed by atoms with Gasteiger partial charge in [-0.1, -0.05) is 41.9 Å². The van der Waals surface area contributed by atoms with Crippen LogP contribution in [-0.2, 0) is 4.74 Å². The lowest BCUT2D eigenvalue weighted by Gasteiger charge is -2.26. The summed E-state index contributed by atoms with van der Waals surface area (Å²) >= 11 is 6.19. The first-order valence-corrected chi connectivity index (χ1v) is 9.54. The van der Waals surface area contributed by atoms with E-state index in [-0.39, 0.29) is 16.5 Å². The summed E-state index contributed by atoms with van der Waals surface area (Å²) in [5.41, 5.74) is 0.173. The van der Waals surface area contributed by atoms with E-state index in [4.69, 9.17) is 21.1 Å². The average Bonchev–Trinajstić information content (AvgIpc) is 2.65. The minimum atomic E-state index is -0.586. The first kappa shape index (κ1) is 22.5. The van der Waals surface area contributed by atoms with E-state index >= 15 is 0 Å². The lowest BCUT2D eigenvalue weighted by Crippen LogP contribution is -2.35. The summed E-state index contributed by atoms with van der Waals surface area (Å²) in [6.07, 6.45) is -0.447. The normalized spacial score (nSPS) is 12.2. The molecule has 0 aliphatic heterocycles. The Morgan fingerprint density at radius 3 is 2.45 bits per heavy atom. The number of halogens is 1. The molecule has 0 aromatic heterocycles. The molecule has 2 aromatic carbocycles. The van der Waals surface area contributed by atoms with Gasteiger partial charge >= 0.3 is 6.09 Å². The van der Waals surface area contributed by atoms with E-state index in [9.17, 15) is 14.9 Å². The van der Waals surface area contributed by atoms with E-state index in [0.717, 1.165) is 5.56 Å². The number of carbonyl (C=O) groups is 1. The van der Waals surface area contributed by atoms with Gasteiger partial charge in [-0.2, -0.15) is 0 Å². The molecule has 0 radical (unpaired) electrons. The van der Waals surface area contributed by atoms with Crippen LogP contribution in [0.5, 0.6) is 5.75 Å². The lowest BCUT2D eigenvalue weighted by atomic mass is 10.1. The number of benzene rings is 2. The van der Waals surface area contributed by atoms with Gasteiger partial charge in [0, 0.05) is 26.1 Å². The Bertz CT molecular complexity index is 852. The largest absolute Gasteiger partial charge is 0.484 e. The van der Waals surface area contributed by atoms with Gasteiger partial charge in [0.15, 0.2) is 0 Å². The van der Waals surface area contributed by atoms with E-state index in [2.05, 4.69) is 0 Å². The zero-order valence-corrected chi connectivity index (χ0v) is 17.7. The lowest BCUT2D eigenvalue weighted by molar-refractivity contribution is -0.384. The van der Waals surface area contributed by atoms with Crippen molar-refractivity contribution in [2.75, 3.05) is 13.6 Å². The molecule has 0 aliphatic rings. The van der Waals surface area contributed by atoms with E-state index in [1.165, 1.54) is 23.1 Å². The fourth-order valence-corrected chi connectivity index (χ4v) is 2.71. The van der Waals surface area contributed by atoms with Gasteiger partial charge in [-0.15, -0.1) is 0 Å². The van der Waals surface area contributed by atoms with Crippen molar-refractivity contribution in [1.29, 1.82) is 0 Å². The summed E-state index contributed by atoms with van der Waals surface area (Å²) in [5, 5.41) is 11.3. The van der Waals surface area contributed by atoms with Crippen LogP contribution >= 0.6 is 11.6 Å². The molecule has 29 heavy (non-hydrogen) atoms. The van der Waals surface area contributed by atoms with Crippen molar-refractivity contribution in [2.24, 2.45) is 0 Å². The van der Waals surface area contributed by atoms with Crippen LogP contribution in [0.25, 0.3) is 0 Å². The van der Waals surface area contributed by atoms with Crippen LogP contribution in [0.2, 0.25) is 5.02 Å². The fourth-order valence-electron chi connectivity index (χ4n) is 2.55. The second-order valence-corrected chi connectivity index (χ2v) is 7.99. The molecule has 8 heteroatoms. The Morgan fingerprint density at radius 1 is 1.21 bits per heavy atom. The Morgan fingerprint density at radius 2 is 1.86 bits per heavy atom. The molecule has 156 valence electrons. The molecule has 0 spiro atoms. The Hall–Kier alpha value is -2.80. The number of carbonyl (C=O) groups excluding carboxylic acids is 1. The van der Waals surface area contributed by atoms with Crippen molar-refractivity contribution in [3.05, 3.63) is 69.2 Å². The monoisotopic (exact) mass is 420 g/mol. The summed E-state index contributed by atoms with van der Waals surface area (Å²) in [6.45, 7) is 5.78. The molecule has 1 unspecified atom stereocenters. The highest BCUT2D eigenvalue weighted by Crippen LogP contribution is 2.33. The summed E-state index contributed by atoms with van der Waals surface area (Å²) in [5.74, 6) is 0.217. The maximum atomic E-state index is 12.2. The molecule has 0 bridgehead atoms. The number of ether oxygens (including phenoxy) is 2. The average molecular weight is 421 g/mol. The summed E-state index contributed by atoms with van der Waals surface area (Å²) < 4.78 is 11.4. The van der Waals surface area contributed by atoms with Crippen molar-refractivity contribution in [3.8, 4) is 5.75 Å². The van der Waals surface area contributed by atoms with E-state index in [1.807, 2.05) is 30.3 Å². The number of nitro groups is 1. The third-order valence-electron chi connectivity index (χ3n) is 4.00. The molecule has 0 saturated carbocycles. The maximum Gasteiger partial charge on any atom is 0.410 e. The first-order chi connectivity index (χ1) is 13.6. The number of rotatable bonds is 7. The van der Waals surface area contributed by atoms with Crippen molar-refractivity contribution >= 4 is 23.4 Å². The molecule has 2 aromatic rings. The molecule has 0 aliphatic carbocycles. The minimum Gasteiger partial charge on any atom is -0.484 e. The van der Waals surface area contributed by atoms with Crippen molar-refractivity contribution in [2.45, 2.75) is 38.9 Å². The van der Waals surface area contributed by atoms with Gasteiger partial charge in [-0.05, 0) is 32.4 Å². The molecule has 0 heterocycles. The zero-order chi connectivity index (χ0) is 21.6. The molecule has 1 atom stereocenters. The topological polar surface area (TPSA) is 81.9 Å². The number of hydrogen-bond donors (Lipinski definition) is 0. The molecular weight excluding hydrogens is 396 g/mol. The third-order valence-corrected chi connectivity index (χ3v) is 4.31. The SMILES string of the molecule is CN(CCC(Oc1cc([N+](=O)[O-])ccc1Cl)c1ccccc1)C(=O)OC(C)(C)C. The molecule has 0 fully saturated rings. The highest BCUT2D eigenvalue weighted by molar-refractivity contribution is 6.32. The van der Waals surface area contributed by atoms with Gasteiger partial charge in [-0.25, -0.2) is 4.79 Å². The van der Waals surface area contributed by atoms with Crippen LogP contribution in [0.4, 0.5) is 10.5 Å². The smallest absolute Gasteiger partial charge is 0.410 e. The maximum absolute atomic E-state index is 12.2. The quantitative estimate of drug-likeness (QED) is 0.428. The van der Waals surface area contributed by atoms with E-state index in [1.54, 1.807) is 27.8 Å². The van der Waals surface area contributed by atoms with Crippen LogP contribution in [-0.4, -0.2) is 35.1 Å². The standard InChI is InChI=1S/C21H25ClN2O5/c1-21(2,3)29-20(25)23(4)13-12-18(15-8-6-5-7-9-15)28-19-14-16(24(26)27)10-11-17(19)22/h5-11,14,18H,12-13H2,1-4H3. The second kappa shape index (κ2) is 9.60. The Kier molecular flexibility index (Phi) is 7.45. The minimum absolute atomic E-state index is 0.109. The molecule has 2 rings (SSSR count). The molecule has 0 N–H and O–H groups in total. The van der Waals surface area contributed by atoms with E-state index < -0.39 is 22.7 Å². The Labute approximate surface area is 175 Å². The van der Waals surface area contributed by atoms with Crippen molar-refractivity contribution in [3.63, 3.8) is 0 Å². The molecule has 1 amide bonds. The van der Waals surface area contributed by atoms with Gasteiger partial charge in [-0.3, -0.25) is 10.1 Å². The fraction of sp³-hybridized carbons (Fsp3) is 0.381. The number of nitro benzene ring substituents is 1. The Balaban J connectivity index is 2.18. The molecule has 7 nitrogen and oxygen atoms in total. The third kappa shape index (κ3) is 6.94. The number of nitrogens with zero attached hydrogens (tertiary/aromatic N) is 2. The number of amides is 1. The first-order valence-electron chi connectivity index (χ1n) is 9.16. The van der Waals surface area contributed by atoms with Crippen LogP contribution in [0, 0.1) is 10.1 Å².